The van der Waals surface area contributed by atoms with Gasteiger partial charge in [0.15, 0.2) is 0 Å². The zero-order valence-corrected chi connectivity index (χ0v) is 17.2. The molecule has 0 atom stereocenters. The van der Waals surface area contributed by atoms with E-state index in [0.717, 1.165) is 28.3 Å². The van der Waals surface area contributed by atoms with Crippen LogP contribution < -0.4 is 10.6 Å². The third kappa shape index (κ3) is 6.86. The van der Waals surface area contributed by atoms with E-state index in [9.17, 15) is 8.42 Å². The first-order valence-electron chi connectivity index (χ1n) is 8.12. The number of H-pyrrole nitrogens is 1. The van der Waals surface area contributed by atoms with Crippen LogP contribution in [-0.2, 0) is 15.6 Å². The van der Waals surface area contributed by atoms with Gasteiger partial charge in [-0.15, -0.1) is 6.42 Å². The molecular weight excluding hydrogens is 404 g/mol. The summed E-state index contributed by atoms with van der Waals surface area (Å²) in [7, 11) is -3.63. The number of nitrogens with zero attached hydrogens (tertiary/aromatic N) is 1. The summed E-state index contributed by atoms with van der Waals surface area (Å²) in [6, 6.07) is 6.01. The third-order valence-corrected chi connectivity index (χ3v) is 6.23. The summed E-state index contributed by atoms with van der Waals surface area (Å²) in [5, 5.41) is 7.62. The van der Waals surface area contributed by atoms with Crippen molar-refractivity contribution in [2.45, 2.75) is 17.6 Å². The number of sulfone groups is 1. The van der Waals surface area contributed by atoms with Gasteiger partial charge < -0.3 is 15.6 Å². The van der Waals surface area contributed by atoms with E-state index in [-0.39, 0.29) is 11.4 Å². The van der Waals surface area contributed by atoms with E-state index in [0.29, 0.717) is 17.4 Å². The Morgan fingerprint density at radius 3 is 2.74 bits per heavy atom. The number of nitrogens with one attached hydrogen (secondary N) is 3. The molecule has 6 nitrogen and oxygen atoms in total. The molecule has 0 saturated heterocycles. The Morgan fingerprint density at radius 1 is 1.37 bits per heavy atom. The average Bonchev–Trinajstić information content (AvgIpc) is 3.04. The second-order valence-electron chi connectivity index (χ2n) is 5.54. The highest BCUT2D eigenvalue weighted by Gasteiger charge is 2.13. The fraction of sp³-hybridized carbons (Fsp3) is 0.278. The van der Waals surface area contributed by atoms with Gasteiger partial charge in [-0.05, 0) is 31.2 Å². The van der Waals surface area contributed by atoms with Crippen LogP contribution in [0.15, 0.2) is 46.7 Å². The van der Waals surface area contributed by atoms with Gasteiger partial charge in [0.2, 0.25) is 9.84 Å². The highest BCUT2D eigenvalue weighted by molar-refractivity contribution is 7.98. The van der Waals surface area contributed by atoms with E-state index < -0.39 is 9.84 Å². The molecule has 9 heteroatoms. The van der Waals surface area contributed by atoms with Crippen LogP contribution >= 0.6 is 23.4 Å². The molecule has 0 radical (unpaired) electrons. The number of aryl methyl sites for hydroxylation is 1. The standard InChI is InChI=1S/C18H21ClN4O2S2/c1-3-8-20-18(12-27(24,25)16-6-4-15(19)5-7-16)21-9-10-26-11-17-14(2)22-13-23-17/h1,4-7,12-13,20-21H,8-11H2,2H3,(H,22,23)/b18-12-. The van der Waals surface area contributed by atoms with Crippen LogP contribution in [0.2, 0.25) is 5.02 Å². The van der Waals surface area contributed by atoms with Crippen molar-refractivity contribution in [1.29, 1.82) is 0 Å². The molecule has 0 aliphatic heterocycles. The highest BCUT2D eigenvalue weighted by atomic mass is 35.5. The van der Waals surface area contributed by atoms with Gasteiger partial charge in [-0.2, -0.15) is 11.8 Å². The summed E-state index contributed by atoms with van der Waals surface area (Å²) in [6.07, 6.45) is 6.94. The lowest BCUT2D eigenvalue weighted by Gasteiger charge is -2.12. The zero-order valence-electron chi connectivity index (χ0n) is 14.8. The van der Waals surface area contributed by atoms with Gasteiger partial charge in [0.25, 0.3) is 0 Å². The molecule has 144 valence electrons. The van der Waals surface area contributed by atoms with Gasteiger partial charge in [-0.3, -0.25) is 0 Å². The molecule has 0 fully saturated rings. The second-order valence-corrected chi connectivity index (χ2v) is 8.88. The SMILES string of the molecule is C#CCN/C(=C/S(=O)(=O)c1ccc(Cl)cc1)NCCSCc1nc[nH]c1C. The third-order valence-electron chi connectivity index (χ3n) is 3.53. The molecule has 1 aromatic carbocycles. The van der Waals surface area contributed by atoms with Crippen LogP contribution in [-0.4, -0.2) is 37.2 Å². The van der Waals surface area contributed by atoms with Gasteiger partial charge in [0, 0.05) is 28.8 Å². The number of halogens is 1. The normalized spacial score (nSPS) is 11.8. The minimum absolute atomic E-state index is 0.164. The first-order valence-corrected chi connectivity index (χ1v) is 11.2. The van der Waals surface area contributed by atoms with Crippen LogP contribution in [0.1, 0.15) is 11.4 Å². The number of rotatable bonds is 10. The lowest BCUT2D eigenvalue weighted by atomic mass is 10.4. The molecule has 1 heterocycles. The number of terminal acetylenes is 1. The molecule has 0 aliphatic carbocycles. The molecule has 2 aromatic rings. The minimum Gasteiger partial charge on any atom is -0.370 e. The van der Waals surface area contributed by atoms with Crippen molar-refractivity contribution >= 4 is 33.2 Å². The lowest BCUT2D eigenvalue weighted by molar-refractivity contribution is 0.603. The Bertz CT molecular complexity index is 916. The van der Waals surface area contributed by atoms with Crippen LogP contribution in [0.5, 0.6) is 0 Å². The molecule has 0 saturated carbocycles. The van der Waals surface area contributed by atoms with Gasteiger partial charge in [-0.1, -0.05) is 17.5 Å². The fourth-order valence-electron chi connectivity index (χ4n) is 2.10. The maximum Gasteiger partial charge on any atom is 0.203 e. The topological polar surface area (TPSA) is 86.9 Å². The largest absolute Gasteiger partial charge is 0.370 e. The van der Waals surface area contributed by atoms with Crippen molar-refractivity contribution in [3.8, 4) is 12.3 Å². The van der Waals surface area contributed by atoms with Crippen molar-refractivity contribution in [2.75, 3.05) is 18.8 Å². The van der Waals surface area contributed by atoms with Gasteiger partial charge in [0.1, 0.15) is 5.82 Å². The van der Waals surface area contributed by atoms with E-state index in [2.05, 4.69) is 26.5 Å². The zero-order chi connectivity index (χ0) is 19.7. The van der Waals surface area contributed by atoms with E-state index in [1.807, 2.05) is 6.92 Å². The Kier molecular flexibility index (Phi) is 8.10. The van der Waals surface area contributed by atoms with Crippen molar-refractivity contribution < 1.29 is 8.42 Å². The van der Waals surface area contributed by atoms with E-state index in [4.69, 9.17) is 18.0 Å². The lowest BCUT2D eigenvalue weighted by Crippen LogP contribution is -2.29. The maximum atomic E-state index is 12.5. The Morgan fingerprint density at radius 2 is 2.11 bits per heavy atom. The van der Waals surface area contributed by atoms with Gasteiger partial charge >= 0.3 is 0 Å². The van der Waals surface area contributed by atoms with Crippen molar-refractivity contribution in [3.05, 3.63) is 58.2 Å². The van der Waals surface area contributed by atoms with Crippen LogP contribution in [0.25, 0.3) is 0 Å². The second kappa shape index (κ2) is 10.3. The first kappa shape index (κ1) is 21.2. The summed E-state index contributed by atoms with van der Waals surface area (Å²) in [5.74, 6) is 4.37. The highest BCUT2D eigenvalue weighted by Crippen LogP contribution is 2.17. The van der Waals surface area contributed by atoms with Crippen LogP contribution in [0.3, 0.4) is 0 Å². The number of thioether (sulfide) groups is 1. The Balaban J connectivity index is 1.95. The molecule has 0 bridgehead atoms. The fourth-order valence-corrected chi connectivity index (χ4v) is 4.23. The van der Waals surface area contributed by atoms with Crippen molar-refractivity contribution in [1.82, 2.24) is 20.6 Å². The quantitative estimate of drug-likeness (QED) is 0.401. The van der Waals surface area contributed by atoms with E-state index >= 15 is 0 Å². The Hall–Kier alpha value is -2.08. The summed E-state index contributed by atoms with van der Waals surface area (Å²) >= 11 is 7.52. The van der Waals surface area contributed by atoms with Crippen LogP contribution in [0, 0.1) is 19.3 Å². The number of hydrogen-bond donors (Lipinski definition) is 3. The van der Waals surface area contributed by atoms with Gasteiger partial charge in [0.05, 0.1) is 28.9 Å². The van der Waals surface area contributed by atoms with Crippen LogP contribution in [0.4, 0.5) is 0 Å². The predicted molar refractivity (Wildman–Crippen MR) is 111 cm³/mol. The molecular formula is C18H21ClN4O2S2. The number of imidazole rings is 1. The summed E-state index contributed by atoms with van der Waals surface area (Å²) in [4.78, 5) is 7.45. The minimum atomic E-state index is -3.63. The van der Waals surface area contributed by atoms with Crippen molar-refractivity contribution in [2.24, 2.45) is 0 Å². The number of aromatic nitrogens is 2. The molecule has 3 N–H and O–H groups in total. The van der Waals surface area contributed by atoms with Crippen molar-refractivity contribution in [3.63, 3.8) is 0 Å². The number of aromatic amines is 1. The molecule has 2 rings (SSSR count). The summed E-state index contributed by atoms with van der Waals surface area (Å²) < 4.78 is 25.1. The number of benzene rings is 1. The number of hydrogen-bond acceptors (Lipinski definition) is 6. The monoisotopic (exact) mass is 424 g/mol. The first-order chi connectivity index (χ1) is 12.9. The smallest absolute Gasteiger partial charge is 0.203 e. The molecule has 0 spiro atoms. The van der Waals surface area contributed by atoms with E-state index in [1.54, 1.807) is 18.1 Å². The summed E-state index contributed by atoms with van der Waals surface area (Å²) in [6.45, 7) is 2.77. The average molecular weight is 425 g/mol. The molecule has 0 amide bonds. The molecule has 27 heavy (non-hydrogen) atoms. The summed E-state index contributed by atoms with van der Waals surface area (Å²) in [5.41, 5.74) is 2.08. The maximum absolute atomic E-state index is 12.5. The molecule has 1 aromatic heterocycles. The molecule has 0 aliphatic rings. The van der Waals surface area contributed by atoms with E-state index in [1.165, 1.54) is 24.3 Å². The molecule has 0 unspecified atom stereocenters. The predicted octanol–water partition coefficient (Wildman–Crippen LogP) is 2.69. The Labute approximate surface area is 169 Å². The van der Waals surface area contributed by atoms with Gasteiger partial charge in [-0.25, -0.2) is 13.4 Å².